The maximum Gasteiger partial charge on any atom is 0.315 e. The molecule has 3 atom stereocenters. The second-order valence-corrected chi connectivity index (χ2v) is 5.86. The van der Waals surface area contributed by atoms with E-state index in [2.05, 4.69) is 10.6 Å². The number of aliphatic hydroxyl groups excluding tert-OH is 1. The van der Waals surface area contributed by atoms with Gasteiger partial charge in [-0.2, -0.15) is 0 Å². The summed E-state index contributed by atoms with van der Waals surface area (Å²) >= 11 is 5.59. The Morgan fingerprint density at radius 2 is 2.36 bits per heavy atom. The lowest BCUT2D eigenvalue weighted by molar-refractivity contribution is 0.168. The number of hydrogen-bond donors (Lipinski definition) is 3. The van der Waals surface area contributed by atoms with E-state index in [0.29, 0.717) is 18.1 Å². The number of carbonyl (C=O) groups is 1. The molecule has 0 aromatic heterocycles. The van der Waals surface area contributed by atoms with Crippen LogP contribution in [0.25, 0.3) is 0 Å². The average molecular weight is 331 g/mol. The molecule has 2 rings (SSSR count). The van der Waals surface area contributed by atoms with E-state index in [1.807, 2.05) is 6.92 Å². The number of hydrogen-bond acceptors (Lipinski definition) is 3. The fourth-order valence-electron chi connectivity index (χ4n) is 2.35. The fraction of sp³-hybridized carbons (Fsp3) is 0.533. The molecule has 1 saturated heterocycles. The average Bonchev–Trinajstić information content (AvgIpc) is 3.02. The third-order valence-corrected chi connectivity index (χ3v) is 4.12. The minimum absolute atomic E-state index is 0.00532. The van der Waals surface area contributed by atoms with Crippen molar-refractivity contribution in [2.75, 3.05) is 19.8 Å². The number of rotatable bonds is 5. The highest BCUT2D eigenvalue weighted by Gasteiger charge is 2.23. The predicted octanol–water partition coefficient (Wildman–Crippen LogP) is 2.24. The molecule has 0 radical (unpaired) electrons. The van der Waals surface area contributed by atoms with Gasteiger partial charge in [0.25, 0.3) is 0 Å². The van der Waals surface area contributed by atoms with E-state index >= 15 is 0 Å². The molecule has 1 aromatic carbocycles. The van der Waals surface area contributed by atoms with E-state index in [4.69, 9.17) is 16.3 Å². The van der Waals surface area contributed by atoms with Crippen molar-refractivity contribution >= 4 is 17.6 Å². The summed E-state index contributed by atoms with van der Waals surface area (Å²) in [5.74, 6) is -0.293. The van der Waals surface area contributed by atoms with Crippen LogP contribution in [0.15, 0.2) is 18.2 Å². The molecule has 1 heterocycles. The van der Waals surface area contributed by atoms with Crippen molar-refractivity contribution in [2.24, 2.45) is 5.92 Å². The summed E-state index contributed by atoms with van der Waals surface area (Å²) in [5.41, 5.74) is 0.361. The summed E-state index contributed by atoms with van der Waals surface area (Å²) < 4.78 is 18.6. The Bertz CT molecular complexity index is 524. The van der Waals surface area contributed by atoms with Crippen molar-refractivity contribution in [1.82, 2.24) is 10.6 Å². The molecule has 1 aliphatic heterocycles. The van der Waals surface area contributed by atoms with Gasteiger partial charge in [-0.3, -0.25) is 0 Å². The molecule has 22 heavy (non-hydrogen) atoms. The van der Waals surface area contributed by atoms with Gasteiger partial charge in [0.05, 0.1) is 17.7 Å². The van der Waals surface area contributed by atoms with Crippen LogP contribution < -0.4 is 10.6 Å². The fourth-order valence-corrected chi connectivity index (χ4v) is 2.47. The van der Waals surface area contributed by atoms with Gasteiger partial charge in [0.1, 0.15) is 5.82 Å². The zero-order valence-electron chi connectivity index (χ0n) is 12.3. The van der Waals surface area contributed by atoms with Crippen LogP contribution in [0.1, 0.15) is 25.0 Å². The van der Waals surface area contributed by atoms with Crippen LogP contribution in [-0.4, -0.2) is 36.9 Å². The molecule has 7 heteroatoms. The summed E-state index contributed by atoms with van der Waals surface area (Å²) in [4.78, 5) is 11.8. The van der Waals surface area contributed by atoms with Crippen molar-refractivity contribution in [1.29, 1.82) is 0 Å². The highest BCUT2D eigenvalue weighted by molar-refractivity contribution is 6.30. The lowest BCUT2D eigenvalue weighted by Gasteiger charge is -2.20. The van der Waals surface area contributed by atoms with Crippen molar-refractivity contribution in [3.05, 3.63) is 34.6 Å². The molecule has 1 aliphatic rings. The van der Waals surface area contributed by atoms with Gasteiger partial charge < -0.3 is 20.5 Å². The van der Waals surface area contributed by atoms with Crippen LogP contribution in [0, 0.1) is 11.7 Å². The maximum atomic E-state index is 13.3. The van der Waals surface area contributed by atoms with Gasteiger partial charge >= 0.3 is 6.03 Å². The molecule has 0 unspecified atom stereocenters. The quantitative estimate of drug-likeness (QED) is 0.775. The number of halogens is 2. The van der Waals surface area contributed by atoms with Gasteiger partial charge in [0.2, 0.25) is 0 Å². The molecule has 1 fully saturated rings. The first-order valence-corrected chi connectivity index (χ1v) is 7.60. The maximum absolute atomic E-state index is 13.3. The first-order chi connectivity index (χ1) is 10.5. The zero-order valence-corrected chi connectivity index (χ0v) is 13.1. The highest BCUT2D eigenvalue weighted by Crippen LogP contribution is 2.20. The van der Waals surface area contributed by atoms with Gasteiger partial charge in [-0.15, -0.1) is 0 Å². The number of urea groups is 1. The number of aliphatic hydroxyl groups is 1. The largest absolute Gasteiger partial charge is 0.387 e. The van der Waals surface area contributed by atoms with Gasteiger partial charge in [0.15, 0.2) is 0 Å². The third kappa shape index (κ3) is 4.56. The Morgan fingerprint density at radius 1 is 1.59 bits per heavy atom. The summed E-state index contributed by atoms with van der Waals surface area (Å²) in [6.07, 6.45) is -0.0728. The SMILES string of the molecule is C[C@H](NC(=O)NC[C@H](O)c1ccc(Cl)c(F)c1)[C@@H]1CCOC1. The molecule has 5 nitrogen and oxygen atoms in total. The lowest BCUT2D eigenvalue weighted by atomic mass is 10.0. The van der Waals surface area contributed by atoms with E-state index in [1.165, 1.54) is 12.1 Å². The number of nitrogens with one attached hydrogen (secondary N) is 2. The molecule has 0 spiro atoms. The molecule has 1 aromatic rings. The van der Waals surface area contributed by atoms with Gasteiger partial charge in [-0.25, -0.2) is 9.18 Å². The monoisotopic (exact) mass is 330 g/mol. The van der Waals surface area contributed by atoms with E-state index in [1.54, 1.807) is 0 Å². The van der Waals surface area contributed by atoms with Crippen LogP contribution in [0.5, 0.6) is 0 Å². The number of ether oxygens (including phenoxy) is 1. The summed E-state index contributed by atoms with van der Waals surface area (Å²) in [7, 11) is 0. The van der Waals surface area contributed by atoms with Crippen LogP contribution in [-0.2, 0) is 4.74 Å². The van der Waals surface area contributed by atoms with Crippen LogP contribution in [0.2, 0.25) is 5.02 Å². The minimum Gasteiger partial charge on any atom is -0.387 e. The molecule has 3 N–H and O–H groups in total. The summed E-state index contributed by atoms with van der Waals surface area (Å²) in [5, 5.41) is 15.3. The van der Waals surface area contributed by atoms with Crippen molar-refractivity contribution < 1.29 is 19.0 Å². The van der Waals surface area contributed by atoms with Crippen LogP contribution in [0.3, 0.4) is 0 Å². The van der Waals surface area contributed by atoms with Crippen molar-refractivity contribution in [3.63, 3.8) is 0 Å². The zero-order chi connectivity index (χ0) is 16.1. The normalized spacial score (nSPS) is 20.5. The topological polar surface area (TPSA) is 70.6 Å². The second-order valence-electron chi connectivity index (χ2n) is 5.46. The van der Waals surface area contributed by atoms with Crippen LogP contribution in [0.4, 0.5) is 9.18 Å². The highest BCUT2D eigenvalue weighted by atomic mass is 35.5. The Hall–Kier alpha value is -1.37. The summed E-state index contributed by atoms with van der Waals surface area (Å²) in [6.45, 7) is 3.28. The Morgan fingerprint density at radius 3 is 3.00 bits per heavy atom. The molecular weight excluding hydrogens is 311 g/mol. The lowest BCUT2D eigenvalue weighted by Crippen LogP contribution is -2.45. The number of benzene rings is 1. The summed E-state index contributed by atoms with van der Waals surface area (Å²) in [6, 6.07) is 3.68. The van der Waals surface area contributed by atoms with E-state index in [-0.39, 0.29) is 23.6 Å². The standard InChI is InChI=1S/C15H20ClFN2O3/c1-9(11-4-5-22-8-11)19-15(21)18-7-14(20)10-2-3-12(16)13(17)6-10/h2-3,6,9,11,14,20H,4-5,7-8H2,1H3,(H2,18,19,21)/t9-,11+,14-/m0/s1. The molecule has 0 aliphatic carbocycles. The van der Waals surface area contributed by atoms with E-state index in [9.17, 15) is 14.3 Å². The molecule has 2 amide bonds. The smallest absolute Gasteiger partial charge is 0.315 e. The van der Waals surface area contributed by atoms with E-state index < -0.39 is 11.9 Å². The molecular formula is C15H20ClFN2O3. The van der Waals surface area contributed by atoms with Gasteiger partial charge in [-0.05, 0) is 31.0 Å². The predicted molar refractivity (Wildman–Crippen MR) is 81.3 cm³/mol. The van der Waals surface area contributed by atoms with Gasteiger partial charge in [-0.1, -0.05) is 17.7 Å². The number of amides is 2. The van der Waals surface area contributed by atoms with Crippen molar-refractivity contribution in [2.45, 2.75) is 25.5 Å². The first-order valence-electron chi connectivity index (χ1n) is 7.22. The van der Waals surface area contributed by atoms with Gasteiger partial charge in [0, 0.05) is 25.1 Å². The minimum atomic E-state index is -0.998. The van der Waals surface area contributed by atoms with Crippen LogP contribution >= 0.6 is 11.6 Å². The third-order valence-electron chi connectivity index (χ3n) is 3.82. The Labute approximate surface area is 133 Å². The molecule has 0 bridgehead atoms. The second kappa shape index (κ2) is 7.76. The Balaban J connectivity index is 1.78. The molecule has 0 saturated carbocycles. The van der Waals surface area contributed by atoms with E-state index in [0.717, 1.165) is 19.1 Å². The first kappa shape index (κ1) is 17.0. The number of carbonyl (C=O) groups excluding carboxylic acids is 1. The Kier molecular flexibility index (Phi) is 5.99. The molecule has 122 valence electrons. The van der Waals surface area contributed by atoms with Crippen molar-refractivity contribution in [3.8, 4) is 0 Å².